The molecule has 0 aliphatic carbocycles. The molecule has 1 unspecified atom stereocenters. The molecule has 1 heterocycles. The lowest BCUT2D eigenvalue weighted by Crippen LogP contribution is -2.01. The number of halogens is 1. The van der Waals surface area contributed by atoms with Crippen molar-refractivity contribution < 1.29 is 4.55 Å². The van der Waals surface area contributed by atoms with Crippen molar-refractivity contribution in [3.63, 3.8) is 0 Å². The van der Waals surface area contributed by atoms with Crippen LogP contribution < -0.4 is 0 Å². The Morgan fingerprint density at radius 3 is 2.33 bits per heavy atom. The number of aromatic nitrogens is 1. The summed E-state index contributed by atoms with van der Waals surface area (Å²) in [6.45, 7) is 0. The fourth-order valence-corrected chi connectivity index (χ4v) is 2.28. The number of hydrogen-bond donors (Lipinski definition) is 0. The van der Waals surface area contributed by atoms with Gasteiger partial charge in [-0.05, 0) is 24.3 Å². The highest BCUT2D eigenvalue weighted by molar-refractivity contribution is 7.91. The van der Waals surface area contributed by atoms with Crippen LogP contribution in [-0.2, 0) is 11.2 Å². The van der Waals surface area contributed by atoms with E-state index in [1.54, 1.807) is 12.1 Å². The van der Waals surface area contributed by atoms with E-state index in [1.807, 2.05) is 30.3 Å². The molecule has 0 aliphatic rings. The van der Waals surface area contributed by atoms with Crippen LogP contribution in [0.2, 0.25) is 5.15 Å². The van der Waals surface area contributed by atoms with Crippen LogP contribution in [0.4, 0.5) is 0 Å². The molecule has 0 N–H and O–H groups in total. The summed E-state index contributed by atoms with van der Waals surface area (Å²) in [6, 6.07) is 12.6. The van der Waals surface area contributed by atoms with Crippen LogP contribution in [0.3, 0.4) is 0 Å². The monoisotopic (exact) mass is 237 g/mol. The van der Waals surface area contributed by atoms with Gasteiger partial charge in [-0.25, -0.2) is 4.98 Å². The van der Waals surface area contributed by atoms with E-state index in [9.17, 15) is 4.55 Å². The van der Waals surface area contributed by atoms with Crippen molar-refractivity contribution >= 4 is 22.8 Å². The quantitative estimate of drug-likeness (QED) is 0.595. The van der Waals surface area contributed by atoms with Crippen LogP contribution in [0.15, 0.2) is 58.5 Å². The minimum absolute atomic E-state index is 0.406. The average molecular weight is 238 g/mol. The van der Waals surface area contributed by atoms with E-state index in [-0.39, 0.29) is 0 Å². The molecule has 15 heavy (non-hydrogen) atoms. The maximum Gasteiger partial charge on any atom is 0.176 e. The highest BCUT2D eigenvalue weighted by atomic mass is 35.5. The molecule has 0 saturated carbocycles. The molecule has 2 aromatic rings. The number of pyridine rings is 1. The van der Waals surface area contributed by atoms with Gasteiger partial charge in [-0.3, -0.25) is 0 Å². The maximum atomic E-state index is 12.0. The largest absolute Gasteiger partial charge is 0.606 e. The van der Waals surface area contributed by atoms with Crippen LogP contribution in [0.1, 0.15) is 0 Å². The summed E-state index contributed by atoms with van der Waals surface area (Å²) in [4.78, 5) is 5.32. The zero-order chi connectivity index (χ0) is 10.7. The lowest BCUT2D eigenvalue weighted by Gasteiger charge is -2.08. The van der Waals surface area contributed by atoms with Crippen molar-refractivity contribution in [2.75, 3.05) is 0 Å². The van der Waals surface area contributed by atoms with E-state index in [4.69, 9.17) is 11.6 Å². The SMILES string of the molecule is [O-][S+](c1ccccc1)c1ccc(Cl)nc1. The molecule has 0 fully saturated rings. The van der Waals surface area contributed by atoms with Gasteiger partial charge < -0.3 is 4.55 Å². The lowest BCUT2D eigenvalue weighted by molar-refractivity contribution is 0.594. The van der Waals surface area contributed by atoms with E-state index in [2.05, 4.69) is 4.98 Å². The molecule has 0 saturated heterocycles. The predicted molar refractivity (Wildman–Crippen MR) is 60.4 cm³/mol. The molecular formula is C11H8ClNOS. The van der Waals surface area contributed by atoms with Gasteiger partial charge in [0.05, 0.1) is 6.20 Å². The predicted octanol–water partition coefficient (Wildman–Crippen LogP) is 2.90. The molecule has 0 radical (unpaired) electrons. The van der Waals surface area contributed by atoms with Gasteiger partial charge >= 0.3 is 0 Å². The Balaban J connectivity index is 2.29. The second-order valence-electron chi connectivity index (χ2n) is 2.90. The van der Waals surface area contributed by atoms with E-state index in [1.165, 1.54) is 6.20 Å². The number of nitrogens with zero attached hydrogens (tertiary/aromatic N) is 1. The highest BCUT2D eigenvalue weighted by Gasteiger charge is 2.13. The first-order valence-corrected chi connectivity index (χ1v) is 5.88. The molecule has 0 spiro atoms. The molecule has 4 heteroatoms. The van der Waals surface area contributed by atoms with E-state index < -0.39 is 11.2 Å². The Labute approximate surface area is 96.1 Å². The average Bonchev–Trinajstić information content (AvgIpc) is 2.30. The first kappa shape index (κ1) is 10.5. The van der Waals surface area contributed by atoms with Crippen molar-refractivity contribution in [2.45, 2.75) is 9.79 Å². The third-order valence-electron chi connectivity index (χ3n) is 1.87. The molecule has 1 aromatic carbocycles. The first-order chi connectivity index (χ1) is 7.27. The number of hydrogen-bond acceptors (Lipinski definition) is 2. The summed E-state index contributed by atoms with van der Waals surface area (Å²) in [7, 11) is 0. The molecule has 0 amide bonds. The van der Waals surface area contributed by atoms with Crippen LogP contribution >= 0.6 is 11.6 Å². The Morgan fingerprint density at radius 2 is 1.73 bits per heavy atom. The summed E-state index contributed by atoms with van der Waals surface area (Å²) < 4.78 is 12.0. The summed E-state index contributed by atoms with van der Waals surface area (Å²) in [5, 5.41) is 0.406. The minimum atomic E-state index is -1.18. The number of benzene rings is 1. The molecule has 1 atom stereocenters. The minimum Gasteiger partial charge on any atom is -0.606 e. The van der Waals surface area contributed by atoms with Gasteiger partial charge in [-0.15, -0.1) is 0 Å². The zero-order valence-corrected chi connectivity index (χ0v) is 9.33. The van der Waals surface area contributed by atoms with Gasteiger partial charge in [0.1, 0.15) is 5.15 Å². The fraction of sp³-hybridized carbons (Fsp3) is 0. The van der Waals surface area contributed by atoms with Gasteiger partial charge in [0.15, 0.2) is 9.79 Å². The van der Waals surface area contributed by atoms with Crippen molar-refractivity contribution in [1.29, 1.82) is 0 Å². The Bertz CT molecular complexity index is 432. The summed E-state index contributed by atoms with van der Waals surface area (Å²) in [5.74, 6) is 0. The summed E-state index contributed by atoms with van der Waals surface area (Å²) in [5.41, 5.74) is 0. The molecule has 2 rings (SSSR count). The summed E-state index contributed by atoms with van der Waals surface area (Å²) in [6.07, 6.45) is 1.53. The zero-order valence-electron chi connectivity index (χ0n) is 7.76. The van der Waals surface area contributed by atoms with E-state index in [0.29, 0.717) is 10.0 Å². The Kier molecular flexibility index (Phi) is 3.26. The van der Waals surface area contributed by atoms with Crippen LogP contribution in [0, 0.1) is 0 Å². The van der Waals surface area contributed by atoms with Gasteiger partial charge in [0, 0.05) is 11.2 Å². The standard InChI is InChI=1S/C11H8ClNOS/c12-11-7-6-10(8-13-11)15(14)9-4-2-1-3-5-9/h1-8H. The van der Waals surface area contributed by atoms with E-state index in [0.717, 1.165) is 4.90 Å². The molecule has 2 nitrogen and oxygen atoms in total. The Hall–Kier alpha value is -1.03. The second-order valence-corrected chi connectivity index (χ2v) is 4.77. The molecular weight excluding hydrogens is 230 g/mol. The van der Waals surface area contributed by atoms with E-state index >= 15 is 0 Å². The van der Waals surface area contributed by atoms with Gasteiger partial charge in [0.25, 0.3) is 0 Å². The van der Waals surface area contributed by atoms with Gasteiger partial charge in [0.2, 0.25) is 0 Å². The highest BCUT2D eigenvalue weighted by Crippen LogP contribution is 2.20. The fourth-order valence-electron chi connectivity index (χ4n) is 1.15. The number of rotatable bonds is 2. The van der Waals surface area contributed by atoms with Crippen LogP contribution in [-0.4, -0.2) is 9.54 Å². The molecule has 0 bridgehead atoms. The first-order valence-electron chi connectivity index (χ1n) is 4.36. The van der Waals surface area contributed by atoms with Crippen molar-refractivity contribution in [1.82, 2.24) is 4.98 Å². The smallest absolute Gasteiger partial charge is 0.176 e. The van der Waals surface area contributed by atoms with Crippen molar-refractivity contribution in [3.05, 3.63) is 53.8 Å². The van der Waals surface area contributed by atoms with Crippen LogP contribution in [0.5, 0.6) is 0 Å². The van der Waals surface area contributed by atoms with Crippen molar-refractivity contribution in [2.24, 2.45) is 0 Å². The molecule has 1 aromatic heterocycles. The van der Waals surface area contributed by atoms with Crippen LogP contribution in [0.25, 0.3) is 0 Å². The Morgan fingerprint density at radius 1 is 1.00 bits per heavy atom. The van der Waals surface area contributed by atoms with Gasteiger partial charge in [-0.1, -0.05) is 29.8 Å². The van der Waals surface area contributed by atoms with Crippen molar-refractivity contribution in [3.8, 4) is 0 Å². The molecule has 76 valence electrons. The topological polar surface area (TPSA) is 36.0 Å². The normalized spacial score (nSPS) is 12.4. The second kappa shape index (κ2) is 4.66. The van der Waals surface area contributed by atoms with Gasteiger partial charge in [-0.2, -0.15) is 0 Å². The third-order valence-corrected chi connectivity index (χ3v) is 3.47. The third kappa shape index (κ3) is 2.50. The summed E-state index contributed by atoms with van der Waals surface area (Å²) >= 11 is 4.48. The molecule has 0 aliphatic heterocycles. The lowest BCUT2D eigenvalue weighted by atomic mass is 10.4. The maximum absolute atomic E-state index is 12.0.